The lowest BCUT2D eigenvalue weighted by Gasteiger charge is -2.27. The maximum absolute atomic E-state index is 4.39. The number of hydrogen-bond donors (Lipinski definition) is 1. The van der Waals surface area contributed by atoms with Gasteiger partial charge in [-0.15, -0.1) is 0 Å². The van der Waals surface area contributed by atoms with E-state index in [-0.39, 0.29) is 0 Å². The smallest absolute Gasteiger partial charge is 0.159 e. The number of anilines is 1. The first kappa shape index (κ1) is 10.3. The van der Waals surface area contributed by atoms with E-state index in [4.69, 9.17) is 0 Å². The minimum Gasteiger partial charge on any atom is -0.380 e. The van der Waals surface area contributed by atoms with Crippen LogP contribution in [0.4, 0.5) is 5.69 Å². The fraction of sp³-hybridized carbons (Fsp3) is 0.286. The Labute approximate surface area is 101 Å². The summed E-state index contributed by atoms with van der Waals surface area (Å²) in [5.41, 5.74) is 2.08. The normalized spacial score (nSPS) is 15.3. The molecule has 0 atom stereocenters. The zero-order valence-electron chi connectivity index (χ0n) is 9.63. The molecule has 0 amide bonds. The second kappa shape index (κ2) is 4.53. The molecule has 1 aromatic carbocycles. The summed E-state index contributed by atoms with van der Waals surface area (Å²) >= 11 is 0. The van der Waals surface area contributed by atoms with E-state index in [1.807, 2.05) is 42.7 Å². The zero-order valence-corrected chi connectivity index (χ0v) is 9.63. The van der Waals surface area contributed by atoms with E-state index in [2.05, 4.69) is 15.3 Å². The summed E-state index contributed by atoms with van der Waals surface area (Å²) in [7, 11) is 0. The van der Waals surface area contributed by atoms with E-state index in [0.717, 1.165) is 17.1 Å². The Morgan fingerprint density at radius 2 is 1.71 bits per heavy atom. The first-order chi connectivity index (χ1) is 8.42. The summed E-state index contributed by atoms with van der Waals surface area (Å²) in [6.45, 7) is 0. The van der Waals surface area contributed by atoms with Crippen molar-refractivity contribution in [2.75, 3.05) is 5.32 Å². The van der Waals surface area contributed by atoms with E-state index in [1.54, 1.807) is 0 Å². The Balaban J connectivity index is 1.75. The quantitative estimate of drug-likeness (QED) is 0.872. The van der Waals surface area contributed by atoms with Gasteiger partial charge in [-0.25, -0.2) is 9.97 Å². The standard InChI is InChI=1S/C14H15N3/c1-2-5-11(6-3-1)14-15-9-13(10-16-14)17-12-7-4-8-12/h1-3,5-6,9-10,12,17H,4,7-8H2. The van der Waals surface area contributed by atoms with Crippen LogP contribution in [0, 0.1) is 0 Å². The number of rotatable bonds is 3. The summed E-state index contributed by atoms with van der Waals surface area (Å²) in [6, 6.07) is 10.7. The van der Waals surface area contributed by atoms with Crippen molar-refractivity contribution in [3.8, 4) is 11.4 Å². The lowest BCUT2D eigenvalue weighted by Crippen LogP contribution is -2.27. The van der Waals surface area contributed by atoms with Gasteiger partial charge in [0.25, 0.3) is 0 Å². The van der Waals surface area contributed by atoms with Gasteiger partial charge in [-0.2, -0.15) is 0 Å². The second-order valence-electron chi connectivity index (χ2n) is 4.43. The third-order valence-electron chi connectivity index (χ3n) is 3.16. The van der Waals surface area contributed by atoms with Crippen molar-refractivity contribution in [3.05, 3.63) is 42.7 Å². The molecule has 3 rings (SSSR count). The van der Waals surface area contributed by atoms with Crippen LogP contribution in [-0.4, -0.2) is 16.0 Å². The number of aromatic nitrogens is 2. The van der Waals surface area contributed by atoms with Gasteiger partial charge in [0.1, 0.15) is 0 Å². The summed E-state index contributed by atoms with van der Waals surface area (Å²) < 4.78 is 0. The first-order valence-electron chi connectivity index (χ1n) is 6.06. The van der Waals surface area contributed by atoms with E-state index in [9.17, 15) is 0 Å². The Bertz CT molecular complexity index is 475. The first-order valence-corrected chi connectivity index (χ1v) is 6.06. The summed E-state index contributed by atoms with van der Waals surface area (Å²) in [6.07, 6.45) is 7.60. The van der Waals surface area contributed by atoms with Gasteiger partial charge in [0.05, 0.1) is 18.1 Å². The molecule has 1 fully saturated rings. The molecule has 0 bridgehead atoms. The van der Waals surface area contributed by atoms with Gasteiger partial charge in [-0.3, -0.25) is 0 Å². The van der Waals surface area contributed by atoms with Gasteiger partial charge in [0, 0.05) is 11.6 Å². The maximum atomic E-state index is 4.39. The van der Waals surface area contributed by atoms with Crippen LogP contribution < -0.4 is 5.32 Å². The molecule has 1 aromatic heterocycles. The minimum atomic E-state index is 0.626. The molecule has 3 nitrogen and oxygen atoms in total. The van der Waals surface area contributed by atoms with Gasteiger partial charge in [0.15, 0.2) is 5.82 Å². The summed E-state index contributed by atoms with van der Waals surface area (Å²) in [5, 5.41) is 3.43. The number of nitrogens with zero attached hydrogens (tertiary/aromatic N) is 2. The van der Waals surface area contributed by atoms with Crippen LogP contribution in [0.2, 0.25) is 0 Å². The van der Waals surface area contributed by atoms with Crippen molar-refractivity contribution in [2.24, 2.45) is 0 Å². The highest BCUT2D eigenvalue weighted by Gasteiger charge is 2.16. The van der Waals surface area contributed by atoms with Gasteiger partial charge < -0.3 is 5.32 Å². The largest absolute Gasteiger partial charge is 0.380 e. The summed E-state index contributed by atoms with van der Waals surface area (Å²) in [4.78, 5) is 8.77. The van der Waals surface area contributed by atoms with Crippen molar-refractivity contribution in [3.63, 3.8) is 0 Å². The molecule has 0 unspecified atom stereocenters. The molecule has 1 aliphatic rings. The SMILES string of the molecule is c1ccc(-c2ncc(NC3CCC3)cn2)cc1. The lowest BCUT2D eigenvalue weighted by molar-refractivity contribution is 0.445. The number of nitrogens with one attached hydrogen (secondary N) is 1. The molecular weight excluding hydrogens is 210 g/mol. The number of benzene rings is 1. The van der Waals surface area contributed by atoms with Gasteiger partial charge in [-0.05, 0) is 19.3 Å². The third-order valence-corrected chi connectivity index (χ3v) is 3.16. The monoisotopic (exact) mass is 225 g/mol. The average Bonchev–Trinajstić information content (AvgIpc) is 2.36. The zero-order chi connectivity index (χ0) is 11.5. The number of hydrogen-bond acceptors (Lipinski definition) is 3. The third kappa shape index (κ3) is 2.28. The molecule has 0 spiro atoms. The summed E-state index contributed by atoms with van der Waals surface area (Å²) in [5.74, 6) is 0.782. The predicted molar refractivity (Wildman–Crippen MR) is 68.7 cm³/mol. The van der Waals surface area contributed by atoms with Crippen LogP contribution in [0.3, 0.4) is 0 Å². The van der Waals surface area contributed by atoms with Gasteiger partial charge in [0.2, 0.25) is 0 Å². The van der Waals surface area contributed by atoms with E-state index < -0.39 is 0 Å². The van der Waals surface area contributed by atoms with E-state index >= 15 is 0 Å². The van der Waals surface area contributed by atoms with Crippen molar-refractivity contribution in [1.82, 2.24) is 9.97 Å². The Morgan fingerprint density at radius 1 is 1.00 bits per heavy atom. The minimum absolute atomic E-state index is 0.626. The molecular formula is C14H15N3. The molecule has 0 radical (unpaired) electrons. The molecule has 1 heterocycles. The topological polar surface area (TPSA) is 37.8 Å². The highest BCUT2D eigenvalue weighted by Crippen LogP contribution is 2.23. The predicted octanol–water partition coefficient (Wildman–Crippen LogP) is 3.11. The fourth-order valence-corrected chi connectivity index (χ4v) is 1.93. The van der Waals surface area contributed by atoms with E-state index in [0.29, 0.717) is 6.04 Å². The van der Waals surface area contributed by atoms with Crippen LogP contribution in [0.5, 0.6) is 0 Å². The Hall–Kier alpha value is -1.90. The highest BCUT2D eigenvalue weighted by molar-refractivity contribution is 5.55. The van der Waals surface area contributed by atoms with E-state index in [1.165, 1.54) is 19.3 Å². The molecule has 0 saturated heterocycles. The molecule has 17 heavy (non-hydrogen) atoms. The molecule has 1 N–H and O–H groups in total. The van der Waals surface area contributed by atoms with Gasteiger partial charge in [-0.1, -0.05) is 30.3 Å². The molecule has 0 aliphatic heterocycles. The van der Waals surface area contributed by atoms with Crippen molar-refractivity contribution < 1.29 is 0 Å². The fourth-order valence-electron chi connectivity index (χ4n) is 1.93. The van der Waals surface area contributed by atoms with Crippen molar-refractivity contribution in [2.45, 2.75) is 25.3 Å². The second-order valence-corrected chi connectivity index (χ2v) is 4.43. The van der Waals surface area contributed by atoms with Gasteiger partial charge >= 0.3 is 0 Å². The molecule has 1 saturated carbocycles. The average molecular weight is 225 g/mol. The highest BCUT2D eigenvalue weighted by atomic mass is 15.0. The molecule has 86 valence electrons. The van der Waals surface area contributed by atoms with Crippen molar-refractivity contribution >= 4 is 5.69 Å². The Kier molecular flexibility index (Phi) is 2.74. The Morgan fingerprint density at radius 3 is 2.29 bits per heavy atom. The van der Waals surface area contributed by atoms with Crippen molar-refractivity contribution in [1.29, 1.82) is 0 Å². The van der Waals surface area contributed by atoms with Crippen LogP contribution in [0.15, 0.2) is 42.7 Å². The maximum Gasteiger partial charge on any atom is 0.159 e. The lowest BCUT2D eigenvalue weighted by atomic mass is 9.93. The molecule has 1 aliphatic carbocycles. The molecule has 2 aromatic rings. The van der Waals surface area contributed by atoms with Crippen LogP contribution in [0.1, 0.15) is 19.3 Å². The van der Waals surface area contributed by atoms with Crippen LogP contribution in [0.25, 0.3) is 11.4 Å². The van der Waals surface area contributed by atoms with Crippen LogP contribution >= 0.6 is 0 Å². The van der Waals surface area contributed by atoms with Crippen LogP contribution in [-0.2, 0) is 0 Å². The molecule has 3 heteroatoms.